The van der Waals surface area contributed by atoms with E-state index in [-0.39, 0.29) is 0 Å². The van der Waals surface area contributed by atoms with Gasteiger partial charge in [0.25, 0.3) is 0 Å². The Morgan fingerprint density at radius 2 is 0.610 bits per heavy atom. The number of hydrogen-bond donors (Lipinski definition) is 0. The predicted octanol–water partition coefficient (Wildman–Crippen LogP) is 20.1. The molecular weight excluding hydrogens is 995 g/mol. The average molecular weight is 1050 g/mol. The van der Waals surface area contributed by atoms with Crippen molar-refractivity contribution in [3.63, 3.8) is 0 Å². The molecule has 0 fully saturated rings. The topological polar surface area (TPSA) is 40.6 Å². The summed E-state index contributed by atoms with van der Waals surface area (Å²) in [6.07, 6.45) is 0. The zero-order chi connectivity index (χ0) is 54.3. The molecular formula is C77H51N5. The highest BCUT2D eigenvalue weighted by molar-refractivity contribution is 6.13. The Morgan fingerprint density at radius 3 is 1.09 bits per heavy atom. The van der Waals surface area contributed by atoms with Crippen molar-refractivity contribution in [3.05, 3.63) is 297 Å². The second-order valence-corrected chi connectivity index (χ2v) is 21.4. The van der Waals surface area contributed by atoms with Crippen LogP contribution in [0.5, 0.6) is 0 Å². The molecule has 4 heterocycles. The molecule has 16 rings (SSSR count). The number of rotatable bonds is 9. The van der Waals surface area contributed by atoms with Crippen LogP contribution in [0.25, 0.3) is 150 Å². The smallest absolute Gasteiger partial charge is 0.160 e. The van der Waals surface area contributed by atoms with E-state index in [0.29, 0.717) is 5.82 Å². The van der Waals surface area contributed by atoms with E-state index in [1.165, 1.54) is 71.1 Å². The highest BCUT2D eigenvalue weighted by Crippen LogP contribution is 2.46. The number of aryl methyl sites for hydroxylation is 1. The van der Waals surface area contributed by atoms with Gasteiger partial charge >= 0.3 is 0 Å². The van der Waals surface area contributed by atoms with Crippen molar-refractivity contribution in [2.45, 2.75) is 6.92 Å². The summed E-state index contributed by atoms with van der Waals surface area (Å²) < 4.78 is 7.31. The third kappa shape index (κ3) is 7.77. The molecule has 0 aliphatic rings. The Bertz CT molecular complexity index is 4780. The molecule has 384 valence electrons. The Hall–Kier alpha value is -10.9. The van der Waals surface area contributed by atoms with Crippen LogP contribution < -0.4 is 0 Å². The first kappa shape index (κ1) is 47.1. The van der Waals surface area contributed by atoms with Crippen LogP contribution in [0.3, 0.4) is 0 Å². The number of nitrogens with zero attached hydrogens (tertiary/aromatic N) is 5. The molecule has 0 aliphatic heterocycles. The highest BCUT2D eigenvalue weighted by Gasteiger charge is 2.24. The fraction of sp³-hybridized carbons (Fsp3) is 0.0130. The number of hydrogen-bond acceptors (Lipinski definition) is 2. The molecule has 0 bridgehead atoms. The molecule has 0 spiro atoms. The van der Waals surface area contributed by atoms with Gasteiger partial charge in [0.05, 0.1) is 50.2 Å². The number of aromatic nitrogens is 5. The van der Waals surface area contributed by atoms with Crippen LogP contribution in [0.1, 0.15) is 5.56 Å². The Kier molecular flexibility index (Phi) is 11.0. The first-order chi connectivity index (χ1) is 40.6. The highest BCUT2D eigenvalue weighted by atomic mass is 15.0. The summed E-state index contributed by atoms with van der Waals surface area (Å²) in [7, 11) is 0. The van der Waals surface area contributed by atoms with Crippen LogP contribution in [0.15, 0.2) is 291 Å². The minimum atomic E-state index is 0.668. The van der Waals surface area contributed by atoms with Crippen LogP contribution in [0.4, 0.5) is 0 Å². The Balaban J connectivity index is 0.992. The zero-order valence-corrected chi connectivity index (χ0v) is 44.9. The first-order valence-corrected chi connectivity index (χ1v) is 28.0. The SMILES string of the molecule is Cc1ccc(-c2ccc3c(c2)c2ccccc2n3-c2c(-c3ccc(-n4c5ccccc5c5ccccc54)cc3)cc(-c3cc(-c4ccccc4)nc(-c4ccccc4)n3)cc2-c2ccc(-n3c4ccccc4c4ccccc43)cc2)cc1. The van der Waals surface area contributed by atoms with Crippen LogP contribution in [0.2, 0.25) is 0 Å². The van der Waals surface area contributed by atoms with Gasteiger partial charge < -0.3 is 13.7 Å². The van der Waals surface area contributed by atoms with E-state index < -0.39 is 0 Å². The van der Waals surface area contributed by atoms with Gasteiger partial charge in [0, 0.05) is 71.5 Å². The average Bonchev–Trinajstić information content (AvgIpc) is 4.30. The number of benzene rings is 12. The van der Waals surface area contributed by atoms with Crippen molar-refractivity contribution >= 4 is 65.4 Å². The maximum absolute atomic E-state index is 5.49. The largest absolute Gasteiger partial charge is 0.309 e. The maximum Gasteiger partial charge on any atom is 0.160 e. The van der Waals surface area contributed by atoms with Gasteiger partial charge in [-0.1, -0.05) is 212 Å². The lowest BCUT2D eigenvalue weighted by molar-refractivity contribution is 1.16. The standard InChI is InChI=1S/C77H51N5/c1-50-32-34-51(35-33-50)56-40-45-75-67(46-56)64-26-12-17-31-74(64)82(75)76-65(52-36-41-58(42-37-52)80-70-27-13-8-22-60(70)61-23-9-14-28-71(61)80)47-57(69-49-68(54-18-4-2-5-19-54)78-77(79-69)55-20-6-3-7-21-55)48-66(76)53-38-43-59(44-39-53)81-72-29-15-10-24-62(72)63-25-11-16-30-73(63)81/h2-49H,1H3. The van der Waals surface area contributed by atoms with Crippen LogP contribution in [-0.4, -0.2) is 23.7 Å². The maximum atomic E-state index is 5.49. The minimum absolute atomic E-state index is 0.668. The van der Waals surface area contributed by atoms with Gasteiger partial charge in [-0.2, -0.15) is 0 Å². The third-order valence-corrected chi connectivity index (χ3v) is 16.5. The Morgan fingerprint density at radius 1 is 0.244 bits per heavy atom. The quantitative estimate of drug-likeness (QED) is 0.145. The molecule has 12 aromatic carbocycles. The molecule has 0 unspecified atom stereocenters. The van der Waals surface area contributed by atoms with Gasteiger partial charge in [-0.05, 0) is 114 Å². The second-order valence-electron chi connectivity index (χ2n) is 21.4. The van der Waals surface area contributed by atoms with Gasteiger partial charge in [0.2, 0.25) is 0 Å². The predicted molar refractivity (Wildman–Crippen MR) is 342 cm³/mol. The molecule has 16 aromatic rings. The van der Waals surface area contributed by atoms with E-state index in [0.717, 1.165) is 78.4 Å². The summed E-state index contributed by atoms with van der Waals surface area (Å²) in [6, 6.07) is 106. The van der Waals surface area contributed by atoms with Gasteiger partial charge in [-0.25, -0.2) is 9.97 Å². The summed E-state index contributed by atoms with van der Waals surface area (Å²) >= 11 is 0. The van der Waals surface area contributed by atoms with Crippen LogP contribution in [-0.2, 0) is 0 Å². The molecule has 0 saturated heterocycles. The molecule has 0 aliphatic carbocycles. The molecule has 5 heteroatoms. The van der Waals surface area contributed by atoms with Crippen molar-refractivity contribution in [3.8, 4) is 84.3 Å². The van der Waals surface area contributed by atoms with Gasteiger partial charge in [-0.3, -0.25) is 0 Å². The lowest BCUT2D eigenvalue weighted by Crippen LogP contribution is -2.03. The summed E-state index contributed by atoms with van der Waals surface area (Å²) in [5, 5.41) is 7.31. The first-order valence-electron chi connectivity index (χ1n) is 28.0. The minimum Gasteiger partial charge on any atom is -0.309 e. The van der Waals surface area contributed by atoms with E-state index in [1.54, 1.807) is 0 Å². The van der Waals surface area contributed by atoms with Gasteiger partial charge in [0.1, 0.15) is 0 Å². The van der Waals surface area contributed by atoms with Crippen LogP contribution >= 0.6 is 0 Å². The third-order valence-electron chi connectivity index (χ3n) is 16.5. The summed E-state index contributed by atoms with van der Waals surface area (Å²) in [6.45, 7) is 2.14. The molecule has 0 amide bonds. The molecule has 0 radical (unpaired) electrons. The van der Waals surface area contributed by atoms with Crippen molar-refractivity contribution < 1.29 is 0 Å². The number of fused-ring (bicyclic) bond motifs is 9. The zero-order valence-electron chi connectivity index (χ0n) is 44.9. The van der Waals surface area contributed by atoms with Crippen molar-refractivity contribution in [2.24, 2.45) is 0 Å². The van der Waals surface area contributed by atoms with Crippen molar-refractivity contribution in [1.82, 2.24) is 23.7 Å². The fourth-order valence-electron chi connectivity index (χ4n) is 12.7. The van der Waals surface area contributed by atoms with E-state index in [2.05, 4.69) is 306 Å². The van der Waals surface area contributed by atoms with Gasteiger partial charge in [0.15, 0.2) is 5.82 Å². The van der Waals surface area contributed by atoms with Crippen molar-refractivity contribution in [2.75, 3.05) is 0 Å². The van der Waals surface area contributed by atoms with Crippen LogP contribution in [0, 0.1) is 6.92 Å². The molecule has 82 heavy (non-hydrogen) atoms. The van der Waals surface area contributed by atoms with E-state index >= 15 is 0 Å². The van der Waals surface area contributed by atoms with E-state index in [1.807, 2.05) is 6.07 Å². The molecule has 0 saturated carbocycles. The molecule has 5 nitrogen and oxygen atoms in total. The lowest BCUT2D eigenvalue weighted by atomic mass is 9.91. The van der Waals surface area contributed by atoms with Gasteiger partial charge in [-0.15, -0.1) is 0 Å². The van der Waals surface area contributed by atoms with Crippen molar-refractivity contribution in [1.29, 1.82) is 0 Å². The summed E-state index contributed by atoms with van der Waals surface area (Å²) in [5.41, 5.74) is 22.7. The molecule has 0 N–H and O–H groups in total. The lowest BCUT2D eigenvalue weighted by Gasteiger charge is -2.22. The van der Waals surface area contributed by atoms with E-state index in [9.17, 15) is 0 Å². The summed E-state index contributed by atoms with van der Waals surface area (Å²) in [4.78, 5) is 10.7. The Labute approximate surface area is 474 Å². The molecule has 0 atom stereocenters. The van der Waals surface area contributed by atoms with E-state index in [4.69, 9.17) is 9.97 Å². The fourth-order valence-corrected chi connectivity index (χ4v) is 12.7. The second kappa shape index (κ2) is 19.2. The normalized spacial score (nSPS) is 11.7. The monoisotopic (exact) mass is 1050 g/mol. The number of para-hydroxylation sites is 5. The molecule has 4 aromatic heterocycles. The summed E-state index contributed by atoms with van der Waals surface area (Å²) in [5.74, 6) is 0.668.